The van der Waals surface area contributed by atoms with Gasteiger partial charge in [0.1, 0.15) is 0 Å². The Bertz CT molecular complexity index is 154. The molecule has 0 N–H and O–H groups in total. The third kappa shape index (κ3) is 5.45. The highest BCUT2D eigenvalue weighted by Gasteiger charge is 2.07. The van der Waals surface area contributed by atoms with Crippen molar-refractivity contribution in [3.05, 3.63) is 12.7 Å². The van der Waals surface area contributed by atoms with Gasteiger partial charge in [0.2, 0.25) is 5.91 Å². The second kappa shape index (κ2) is 7.84. The Balaban J connectivity index is 3.59. The summed E-state index contributed by atoms with van der Waals surface area (Å²) in [5, 5.41) is 0. The van der Waals surface area contributed by atoms with Crippen LogP contribution in [0.2, 0.25) is 0 Å². The van der Waals surface area contributed by atoms with Crippen LogP contribution in [-0.4, -0.2) is 23.9 Å². The van der Waals surface area contributed by atoms with E-state index in [2.05, 4.69) is 6.58 Å². The standard InChI is InChI=1S/C11H21NO/c1-4-7-8-9-10-12(6-3)11(13)5-2/h4H,1,5-10H2,2-3H3. The quantitative estimate of drug-likeness (QED) is 0.439. The predicted octanol–water partition coefficient (Wildman–Crippen LogP) is 2.60. The van der Waals surface area contributed by atoms with Gasteiger partial charge in [-0.1, -0.05) is 13.0 Å². The van der Waals surface area contributed by atoms with Gasteiger partial charge in [-0.25, -0.2) is 0 Å². The van der Waals surface area contributed by atoms with Crippen LogP contribution in [0.4, 0.5) is 0 Å². The number of unbranched alkanes of at least 4 members (excludes halogenated alkanes) is 2. The molecule has 0 spiro atoms. The minimum atomic E-state index is 0.265. The minimum absolute atomic E-state index is 0.265. The third-order valence-corrected chi connectivity index (χ3v) is 2.12. The summed E-state index contributed by atoms with van der Waals surface area (Å²) in [5.74, 6) is 0.265. The van der Waals surface area contributed by atoms with Crippen molar-refractivity contribution in [3.63, 3.8) is 0 Å². The van der Waals surface area contributed by atoms with Crippen molar-refractivity contribution in [2.45, 2.75) is 39.5 Å². The van der Waals surface area contributed by atoms with Crippen LogP contribution in [0.3, 0.4) is 0 Å². The lowest BCUT2D eigenvalue weighted by molar-refractivity contribution is -0.130. The van der Waals surface area contributed by atoms with Gasteiger partial charge in [-0.15, -0.1) is 6.58 Å². The highest BCUT2D eigenvalue weighted by atomic mass is 16.2. The number of allylic oxidation sites excluding steroid dienone is 1. The molecule has 1 amide bonds. The van der Waals surface area contributed by atoms with Crippen molar-refractivity contribution in [2.75, 3.05) is 13.1 Å². The van der Waals surface area contributed by atoms with E-state index >= 15 is 0 Å². The van der Waals surface area contributed by atoms with E-state index in [1.165, 1.54) is 0 Å². The molecule has 2 heteroatoms. The molecule has 0 aromatic rings. The Hall–Kier alpha value is -0.790. The Kier molecular flexibility index (Phi) is 7.36. The summed E-state index contributed by atoms with van der Waals surface area (Å²) >= 11 is 0. The van der Waals surface area contributed by atoms with E-state index in [1.54, 1.807) is 0 Å². The highest BCUT2D eigenvalue weighted by Crippen LogP contribution is 2.01. The molecule has 0 saturated carbocycles. The summed E-state index contributed by atoms with van der Waals surface area (Å²) in [7, 11) is 0. The van der Waals surface area contributed by atoms with Crippen LogP contribution in [-0.2, 0) is 4.79 Å². The maximum absolute atomic E-state index is 11.3. The minimum Gasteiger partial charge on any atom is -0.343 e. The average molecular weight is 183 g/mol. The zero-order valence-corrected chi connectivity index (χ0v) is 8.88. The molecule has 0 heterocycles. The number of hydrogen-bond acceptors (Lipinski definition) is 1. The van der Waals surface area contributed by atoms with E-state index in [-0.39, 0.29) is 5.91 Å². The maximum atomic E-state index is 11.3. The lowest BCUT2D eigenvalue weighted by atomic mass is 10.2. The molecule has 0 aliphatic heterocycles. The van der Waals surface area contributed by atoms with Crippen LogP contribution in [0.5, 0.6) is 0 Å². The summed E-state index contributed by atoms with van der Waals surface area (Å²) in [6, 6.07) is 0. The fourth-order valence-electron chi connectivity index (χ4n) is 1.27. The van der Waals surface area contributed by atoms with E-state index in [1.807, 2.05) is 24.8 Å². The summed E-state index contributed by atoms with van der Waals surface area (Å²) in [6.45, 7) is 9.34. The molecule has 0 saturated heterocycles. The topological polar surface area (TPSA) is 20.3 Å². The number of nitrogens with zero attached hydrogens (tertiary/aromatic N) is 1. The van der Waals surface area contributed by atoms with Gasteiger partial charge < -0.3 is 4.90 Å². The fraction of sp³-hybridized carbons (Fsp3) is 0.727. The Labute approximate surface area is 81.6 Å². The zero-order valence-electron chi connectivity index (χ0n) is 8.88. The molecule has 0 bridgehead atoms. The van der Waals surface area contributed by atoms with Crippen LogP contribution in [0.1, 0.15) is 39.5 Å². The average Bonchev–Trinajstić information content (AvgIpc) is 2.17. The van der Waals surface area contributed by atoms with Gasteiger partial charge in [0.05, 0.1) is 0 Å². The molecule has 0 aromatic heterocycles. The van der Waals surface area contributed by atoms with Crippen LogP contribution in [0, 0.1) is 0 Å². The molecule has 0 unspecified atom stereocenters. The second-order valence-corrected chi connectivity index (χ2v) is 3.11. The molecule has 0 radical (unpaired) electrons. The van der Waals surface area contributed by atoms with Gasteiger partial charge in [-0.05, 0) is 26.2 Å². The first kappa shape index (κ1) is 12.2. The van der Waals surface area contributed by atoms with Crippen molar-refractivity contribution in [1.29, 1.82) is 0 Å². The van der Waals surface area contributed by atoms with Crippen LogP contribution >= 0.6 is 0 Å². The summed E-state index contributed by atoms with van der Waals surface area (Å²) in [4.78, 5) is 13.2. The Morgan fingerprint density at radius 1 is 1.38 bits per heavy atom. The smallest absolute Gasteiger partial charge is 0.222 e. The summed E-state index contributed by atoms with van der Waals surface area (Å²) in [6.07, 6.45) is 5.83. The normalized spacial score (nSPS) is 9.69. The molecule has 0 atom stereocenters. The first-order chi connectivity index (χ1) is 6.26. The van der Waals surface area contributed by atoms with E-state index < -0.39 is 0 Å². The van der Waals surface area contributed by atoms with E-state index in [0.29, 0.717) is 6.42 Å². The number of amides is 1. The first-order valence-electron chi connectivity index (χ1n) is 5.14. The SMILES string of the molecule is C=CCCCCN(CC)C(=O)CC. The monoisotopic (exact) mass is 183 g/mol. The van der Waals surface area contributed by atoms with Crippen molar-refractivity contribution < 1.29 is 4.79 Å². The molecule has 0 fully saturated rings. The van der Waals surface area contributed by atoms with Gasteiger partial charge >= 0.3 is 0 Å². The van der Waals surface area contributed by atoms with Gasteiger partial charge in [0, 0.05) is 19.5 Å². The largest absolute Gasteiger partial charge is 0.343 e. The van der Waals surface area contributed by atoms with Crippen molar-refractivity contribution in [3.8, 4) is 0 Å². The van der Waals surface area contributed by atoms with Crippen LogP contribution in [0.15, 0.2) is 12.7 Å². The molecule has 0 aliphatic carbocycles. The fourth-order valence-corrected chi connectivity index (χ4v) is 1.27. The number of hydrogen-bond donors (Lipinski definition) is 0. The van der Waals surface area contributed by atoms with Gasteiger partial charge in [0.15, 0.2) is 0 Å². The van der Waals surface area contributed by atoms with Crippen molar-refractivity contribution in [2.24, 2.45) is 0 Å². The van der Waals surface area contributed by atoms with E-state index in [9.17, 15) is 4.79 Å². The molecular formula is C11H21NO. The predicted molar refractivity (Wildman–Crippen MR) is 56.6 cm³/mol. The second-order valence-electron chi connectivity index (χ2n) is 3.11. The van der Waals surface area contributed by atoms with E-state index in [0.717, 1.165) is 32.4 Å². The lowest BCUT2D eigenvalue weighted by Crippen LogP contribution is -2.30. The molecule has 13 heavy (non-hydrogen) atoms. The molecule has 0 aliphatic rings. The number of carbonyl (C=O) groups is 1. The molecule has 76 valence electrons. The number of rotatable bonds is 7. The first-order valence-corrected chi connectivity index (χ1v) is 5.14. The zero-order chi connectivity index (χ0) is 10.1. The van der Waals surface area contributed by atoms with Gasteiger partial charge in [-0.3, -0.25) is 4.79 Å². The number of carbonyl (C=O) groups excluding carboxylic acids is 1. The lowest BCUT2D eigenvalue weighted by Gasteiger charge is -2.19. The van der Waals surface area contributed by atoms with Crippen LogP contribution in [0.25, 0.3) is 0 Å². The third-order valence-electron chi connectivity index (χ3n) is 2.12. The van der Waals surface area contributed by atoms with Gasteiger partial charge in [0.25, 0.3) is 0 Å². The van der Waals surface area contributed by atoms with Crippen molar-refractivity contribution >= 4 is 5.91 Å². The molecule has 2 nitrogen and oxygen atoms in total. The molecule has 0 rings (SSSR count). The Morgan fingerprint density at radius 2 is 2.08 bits per heavy atom. The van der Waals surface area contributed by atoms with Crippen LogP contribution < -0.4 is 0 Å². The Morgan fingerprint density at radius 3 is 2.54 bits per heavy atom. The summed E-state index contributed by atoms with van der Waals surface area (Å²) in [5.41, 5.74) is 0. The maximum Gasteiger partial charge on any atom is 0.222 e. The van der Waals surface area contributed by atoms with Gasteiger partial charge in [-0.2, -0.15) is 0 Å². The van der Waals surface area contributed by atoms with Crippen molar-refractivity contribution in [1.82, 2.24) is 4.90 Å². The molecule has 0 aromatic carbocycles. The highest BCUT2D eigenvalue weighted by molar-refractivity contribution is 5.75. The van der Waals surface area contributed by atoms with E-state index in [4.69, 9.17) is 0 Å². The molecular weight excluding hydrogens is 162 g/mol. The summed E-state index contributed by atoms with van der Waals surface area (Å²) < 4.78 is 0.